The molecule has 0 atom stereocenters. The first-order valence-corrected chi connectivity index (χ1v) is 5.69. The molecule has 0 aromatic carbocycles. The van der Waals surface area contributed by atoms with Gasteiger partial charge in [-0.3, -0.25) is 9.89 Å². The predicted octanol–water partition coefficient (Wildman–Crippen LogP) is 1.71. The number of aliphatic carboxylic acids is 1. The van der Waals surface area contributed by atoms with Gasteiger partial charge in [0.25, 0.3) is 0 Å². The van der Waals surface area contributed by atoms with Crippen LogP contribution in [0.2, 0.25) is 0 Å². The molecule has 2 heterocycles. The van der Waals surface area contributed by atoms with Crippen molar-refractivity contribution in [3.63, 3.8) is 0 Å². The lowest BCUT2D eigenvalue weighted by molar-refractivity contribution is -0.136. The summed E-state index contributed by atoms with van der Waals surface area (Å²) >= 11 is 1.64. The maximum Gasteiger partial charge on any atom is 0.309 e. The Labute approximate surface area is 96.1 Å². The Morgan fingerprint density at radius 3 is 3.19 bits per heavy atom. The van der Waals surface area contributed by atoms with Gasteiger partial charge in [0, 0.05) is 18.3 Å². The first-order chi connectivity index (χ1) is 7.74. The highest BCUT2D eigenvalue weighted by Crippen LogP contribution is 2.10. The van der Waals surface area contributed by atoms with Crippen LogP contribution in [0.25, 0.3) is 0 Å². The number of carboxylic acids is 1. The fraction of sp³-hybridized carbons (Fsp3) is 0.200. The molecule has 84 valence electrons. The second-order valence-corrected chi connectivity index (χ2v) is 4.11. The van der Waals surface area contributed by atoms with Gasteiger partial charge in [-0.25, -0.2) is 0 Å². The number of hydrogen-bond acceptors (Lipinski definition) is 4. The molecule has 0 aliphatic heterocycles. The van der Waals surface area contributed by atoms with E-state index in [4.69, 9.17) is 5.11 Å². The van der Waals surface area contributed by atoms with E-state index in [2.05, 4.69) is 20.9 Å². The second-order valence-electron chi connectivity index (χ2n) is 3.33. The van der Waals surface area contributed by atoms with Gasteiger partial charge in [-0.15, -0.1) is 0 Å². The van der Waals surface area contributed by atoms with Crippen LogP contribution in [0, 0.1) is 0 Å². The van der Waals surface area contributed by atoms with Gasteiger partial charge in [0.2, 0.25) is 0 Å². The Morgan fingerprint density at radius 1 is 1.62 bits per heavy atom. The number of anilines is 1. The normalized spacial score (nSPS) is 10.2. The summed E-state index contributed by atoms with van der Waals surface area (Å²) in [7, 11) is 0. The molecule has 2 rings (SSSR count). The summed E-state index contributed by atoms with van der Waals surface area (Å²) in [5.74, 6) is -0.199. The number of hydrogen-bond donors (Lipinski definition) is 3. The smallest absolute Gasteiger partial charge is 0.309 e. The van der Waals surface area contributed by atoms with Gasteiger partial charge in [-0.2, -0.15) is 16.4 Å². The minimum Gasteiger partial charge on any atom is -0.481 e. The maximum absolute atomic E-state index is 10.5. The Bertz CT molecular complexity index is 464. The van der Waals surface area contributed by atoms with Crippen molar-refractivity contribution in [2.24, 2.45) is 0 Å². The van der Waals surface area contributed by atoms with Crippen LogP contribution >= 0.6 is 11.3 Å². The predicted molar refractivity (Wildman–Crippen MR) is 61.6 cm³/mol. The van der Waals surface area contributed by atoms with E-state index in [0.717, 1.165) is 0 Å². The number of carboxylic acid groups (broad SMARTS) is 1. The number of aromatic amines is 1. The van der Waals surface area contributed by atoms with Crippen LogP contribution in [0.3, 0.4) is 0 Å². The van der Waals surface area contributed by atoms with Crippen LogP contribution in [-0.2, 0) is 17.8 Å². The van der Waals surface area contributed by atoms with Crippen LogP contribution in [0.15, 0.2) is 22.9 Å². The molecule has 2 aromatic heterocycles. The monoisotopic (exact) mass is 237 g/mol. The topological polar surface area (TPSA) is 78.0 Å². The van der Waals surface area contributed by atoms with Gasteiger partial charge in [-0.1, -0.05) is 0 Å². The van der Waals surface area contributed by atoms with Gasteiger partial charge < -0.3 is 10.4 Å². The summed E-state index contributed by atoms with van der Waals surface area (Å²) in [5, 5.41) is 22.4. The van der Waals surface area contributed by atoms with Crippen LogP contribution in [-0.4, -0.2) is 21.3 Å². The lowest BCUT2D eigenvalue weighted by Crippen LogP contribution is -1.99. The molecular weight excluding hydrogens is 226 g/mol. The third-order valence-electron chi connectivity index (χ3n) is 2.03. The van der Waals surface area contributed by atoms with E-state index in [9.17, 15) is 4.79 Å². The molecule has 0 spiro atoms. The molecule has 0 saturated carbocycles. The second kappa shape index (κ2) is 4.80. The van der Waals surface area contributed by atoms with E-state index in [1.165, 1.54) is 5.56 Å². The molecule has 16 heavy (non-hydrogen) atoms. The third-order valence-corrected chi connectivity index (χ3v) is 2.76. The zero-order chi connectivity index (χ0) is 11.4. The van der Waals surface area contributed by atoms with Crippen molar-refractivity contribution in [3.8, 4) is 0 Å². The summed E-state index contributed by atoms with van der Waals surface area (Å²) in [6, 6.07) is 3.74. The van der Waals surface area contributed by atoms with Gasteiger partial charge >= 0.3 is 5.97 Å². The van der Waals surface area contributed by atoms with Crippen LogP contribution in [0.5, 0.6) is 0 Å². The molecule has 0 saturated heterocycles. The number of rotatable bonds is 5. The van der Waals surface area contributed by atoms with E-state index in [1.54, 1.807) is 17.4 Å². The third kappa shape index (κ3) is 2.83. The Morgan fingerprint density at radius 2 is 2.50 bits per heavy atom. The number of carbonyl (C=O) groups is 1. The van der Waals surface area contributed by atoms with E-state index in [-0.39, 0.29) is 6.42 Å². The van der Waals surface area contributed by atoms with E-state index >= 15 is 0 Å². The zero-order valence-electron chi connectivity index (χ0n) is 8.43. The van der Waals surface area contributed by atoms with E-state index in [1.807, 2.05) is 11.4 Å². The van der Waals surface area contributed by atoms with Gasteiger partial charge in [0.1, 0.15) is 5.82 Å². The largest absolute Gasteiger partial charge is 0.481 e. The van der Waals surface area contributed by atoms with Crippen LogP contribution < -0.4 is 5.32 Å². The number of nitrogens with zero attached hydrogens (tertiary/aromatic N) is 1. The van der Waals surface area contributed by atoms with Gasteiger partial charge in [0.05, 0.1) is 6.42 Å². The molecule has 6 heteroatoms. The molecule has 2 aromatic rings. The molecule has 0 radical (unpaired) electrons. The molecule has 0 bridgehead atoms. The Balaban J connectivity index is 1.90. The first kappa shape index (κ1) is 10.7. The summed E-state index contributed by atoms with van der Waals surface area (Å²) in [6.07, 6.45) is -0.0346. The highest BCUT2D eigenvalue weighted by molar-refractivity contribution is 7.07. The minimum atomic E-state index is -0.868. The molecule has 5 nitrogen and oxygen atoms in total. The molecular formula is C10H11N3O2S. The summed E-state index contributed by atoms with van der Waals surface area (Å²) in [6.45, 7) is 0.695. The summed E-state index contributed by atoms with van der Waals surface area (Å²) in [5.41, 5.74) is 1.79. The highest BCUT2D eigenvalue weighted by Gasteiger charge is 2.04. The molecule has 0 unspecified atom stereocenters. The van der Waals surface area contributed by atoms with Gasteiger partial charge in [-0.05, 0) is 22.4 Å². The van der Waals surface area contributed by atoms with Crippen molar-refractivity contribution in [2.45, 2.75) is 13.0 Å². The number of aromatic nitrogens is 2. The van der Waals surface area contributed by atoms with E-state index in [0.29, 0.717) is 18.1 Å². The minimum absolute atomic E-state index is 0.0346. The molecule has 3 N–H and O–H groups in total. The lowest BCUT2D eigenvalue weighted by atomic mass is 10.3. The molecule has 0 aliphatic carbocycles. The fourth-order valence-electron chi connectivity index (χ4n) is 1.29. The van der Waals surface area contributed by atoms with Crippen molar-refractivity contribution < 1.29 is 9.90 Å². The zero-order valence-corrected chi connectivity index (χ0v) is 9.25. The maximum atomic E-state index is 10.5. The van der Waals surface area contributed by atoms with Crippen LogP contribution in [0.4, 0.5) is 5.82 Å². The van der Waals surface area contributed by atoms with Gasteiger partial charge in [0.15, 0.2) is 0 Å². The van der Waals surface area contributed by atoms with E-state index < -0.39 is 5.97 Å². The van der Waals surface area contributed by atoms with Crippen LogP contribution in [0.1, 0.15) is 11.3 Å². The lowest BCUT2D eigenvalue weighted by Gasteiger charge is -1.98. The quantitative estimate of drug-likeness (QED) is 0.739. The molecule has 0 aliphatic rings. The number of H-pyrrole nitrogens is 1. The Kier molecular flexibility index (Phi) is 3.21. The average Bonchev–Trinajstić information content (AvgIpc) is 2.84. The SMILES string of the molecule is O=C(O)Cc1cc(NCc2ccsc2)n[nH]1. The van der Waals surface area contributed by atoms with Crippen molar-refractivity contribution in [1.82, 2.24) is 10.2 Å². The Hall–Kier alpha value is -1.82. The summed E-state index contributed by atoms with van der Waals surface area (Å²) < 4.78 is 0. The average molecular weight is 237 g/mol. The number of nitrogens with one attached hydrogen (secondary N) is 2. The first-order valence-electron chi connectivity index (χ1n) is 4.75. The van der Waals surface area contributed by atoms with Crippen molar-refractivity contribution in [3.05, 3.63) is 34.2 Å². The highest BCUT2D eigenvalue weighted by atomic mass is 32.1. The van der Waals surface area contributed by atoms with Crippen molar-refractivity contribution in [2.75, 3.05) is 5.32 Å². The molecule has 0 fully saturated rings. The van der Waals surface area contributed by atoms with Crippen molar-refractivity contribution >= 4 is 23.1 Å². The van der Waals surface area contributed by atoms with Crippen molar-refractivity contribution in [1.29, 1.82) is 0 Å². The summed E-state index contributed by atoms with van der Waals surface area (Å²) in [4.78, 5) is 10.5. The standard InChI is InChI=1S/C10H11N3O2S/c14-10(15)4-8-3-9(13-12-8)11-5-7-1-2-16-6-7/h1-3,6H,4-5H2,(H,14,15)(H2,11,12,13). The number of thiophene rings is 1. The fourth-order valence-corrected chi connectivity index (χ4v) is 1.96. The molecule has 0 amide bonds.